The summed E-state index contributed by atoms with van der Waals surface area (Å²) < 4.78 is 5.04. The van der Waals surface area contributed by atoms with Gasteiger partial charge in [0, 0.05) is 25.9 Å². The first-order valence-corrected chi connectivity index (χ1v) is 6.66. The van der Waals surface area contributed by atoms with Gasteiger partial charge in [-0.05, 0) is 24.1 Å². The number of halogens is 1. The monoisotopic (exact) mass is 284 g/mol. The third-order valence-corrected chi connectivity index (χ3v) is 2.99. The maximum Gasteiger partial charge on any atom is 0.255 e. The molecule has 1 aromatic carbocycles. The first-order valence-electron chi connectivity index (χ1n) is 6.29. The Kier molecular flexibility index (Phi) is 6.12. The number of anilines is 1. The van der Waals surface area contributed by atoms with Crippen molar-refractivity contribution < 1.29 is 9.53 Å². The number of carbonyl (C=O) groups is 1. The second-order valence-electron chi connectivity index (χ2n) is 4.88. The molecule has 0 aliphatic heterocycles. The Morgan fingerprint density at radius 1 is 1.47 bits per heavy atom. The molecule has 0 aliphatic rings. The summed E-state index contributed by atoms with van der Waals surface area (Å²) in [6.45, 7) is 5.83. The average Bonchev–Trinajstić information content (AvgIpc) is 2.36. The number of methoxy groups -OCH3 is 1. The van der Waals surface area contributed by atoms with Crippen LogP contribution in [0.15, 0.2) is 18.2 Å². The van der Waals surface area contributed by atoms with Crippen LogP contribution in [0.25, 0.3) is 0 Å². The summed E-state index contributed by atoms with van der Waals surface area (Å²) in [4.78, 5) is 14.2. The van der Waals surface area contributed by atoms with Crippen LogP contribution in [-0.4, -0.2) is 37.6 Å². The molecule has 0 fully saturated rings. The van der Waals surface area contributed by atoms with Gasteiger partial charge in [-0.2, -0.15) is 0 Å². The molecular weight excluding hydrogens is 264 g/mol. The van der Waals surface area contributed by atoms with Gasteiger partial charge in [0.2, 0.25) is 0 Å². The highest BCUT2D eigenvalue weighted by atomic mass is 35.5. The van der Waals surface area contributed by atoms with Crippen LogP contribution in [0, 0.1) is 5.92 Å². The van der Waals surface area contributed by atoms with E-state index in [9.17, 15) is 4.79 Å². The van der Waals surface area contributed by atoms with Gasteiger partial charge >= 0.3 is 0 Å². The highest BCUT2D eigenvalue weighted by Gasteiger charge is 2.19. The maximum atomic E-state index is 12.5. The van der Waals surface area contributed by atoms with Crippen molar-refractivity contribution in [3.63, 3.8) is 0 Å². The summed E-state index contributed by atoms with van der Waals surface area (Å²) in [5, 5.41) is 0.422. The van der Waals surface area contributed by atoms with E-state index in [1.54, 1.807) is 30.2 Å². The summed E-state index contributed by atoms with van der Waals surface area (Å²) in [5.41, 5.74) is 6.69. The van der Waals surface area contributed by atoms with E-state index in [1.165, 1.54) is 0 Å². The minimum absolute atomic E-state index is 0.108. The summed E-state index contributed by atoms with van der Waals surface area (Å²) in [7, 11) is 1.62. The maximum absolute atomic E-state index is 12.5. The molecule has 0 heterocycles. The molecule has 0 saturated carbocycles. The predicted octanol–water partition coefficient (Wildman–Crippen LogP) is 2.67. The van der Waals surface area contributed by atoms with E-state index in [0.29, 0.717) is 41.9 Å². The molecule has 0 unspecified atom stereocenters. The number of nitrogens with zero attached hydrogens (tertiary/aromatic N) is 1. The zero-order chi connectivity index (χ0) is 14.4. The van der Waals surface area contributed by atoms with Crippen LogP contribution in [0.2, 0.25) is 5.02 Å². The fourth-order valence-corrected chi connectivity index (χ4v) is 1.99. The lowest BCUT2D eigenvalue weighted by atomic mass is 10.1. The number of rotatable bonds is 6. The smallest absolute Gasteiger partial charge is 0.255 e. The summed E-state index contributed by atoms with van der Waals surface area (Å²) in [6, 6.07) is 4.94. The van der Waals surface area contributed by atoms with Gasteiger partial charge in [-0.15, -0.1) is 0 Å². The Bertz CT molecular complexity index is 435. The third kappa shape index (κ3) is 4.73. The minimum atomic E-state index is -0.108. The number of amides is 1. The zero-order valence-corrected chi connectivity index (χ0v) is 12.4. The second kappa shape index (κ2) is 7.36. The van der Waals surface area contributed by atoms with Gasteiger partial charge in [0.05, 0.1) is 17.2 Å². The van der Waals surface area contributed by atoms with Crippen molar-refractivity contribution in [3.05, 3.63) is 28.8 Å². The molecule has 0 saturated heterocycles. The van der Waals surface area contributed by atoms with Gasteiger partial charge in [-0.1, -0.05) is 25.4 Å². The molecule has 0 aliphatic carbocycles. The number of benzene rings is 1. The predicted molar refractivity (Wildman–Crippen MR) is 78.5 cm³/mol. The molecule has 0 radical (unpaired) electrons. The molecule has 4 nitrogen and oxygen atoms in total. The van der Waals surface area contributed by atoms with Crippen LogP contribution < -0.4 is 5.73 Å². The van der Waals surface area contributed by atoms with E-state index in [-0.39, 0.29) is 5.91 Å². The molecule has 1 aromatic rings. The van der Waals surface area contributed by atoms with Gasteiger partial charge in [-0.3, -0.25) is 4.79 Å². The molecule has 0 aromatic heterocycles. The summed E-state index contributed by atoms with van der Waals surface area (Å²) >= 11 is 6.07. The van der Waals surface area contributed by atoms with Crippen LogP contribution in [0.1, 0.15) is 24.2 Å². The zero-order valence-electron chi connectivity index (χ0n) is 11.6. The first kappa shape index (κ1) is 15.8. The van der Waals surface area contributed by atoms with E-state index in [2.05, 4.69) is 13.8 Å². The SMILES string of the molecule is COCCN(CC(C)C)C(=O)c1cc(N)ccc1Cl. The van der Waals surface area contributed by atoms with Crippen molar-refractivity contribution >= 4 is 23.2 Å². The second-order valence-corrected chi connectivity index (χ2v) is 5.28. The van der Waals surface area contributed by atoms with Crippen molar-refractivity contribution in [2.45, 2.75) is 13.8 Å². The van der Waals surface area contributed by atoms with E-state index < -0.39 is 0 Å². The molecule has 2 N–H and O–H groups in total. The van der Waals surface area contributed by atoms with Crippen LogP contribution in [0.4, 0.5) is 5.69 Å². The quantitative estimate of drug-likeness (QED) is 0.817. The molecular formula is C14H21ClN2O2. The summed E-state index contributed by atoms with van der Waals surface area (Å²) in [6.07, 6.45) is 0. The number of nitrogens with two attached hydrogens (primary N) is 1. The fraction of sp³-hybridized carbons (Fsp3) is 0.500. The standard InChI is InChI=1S/C14H21ClN2O2/c1-10(2)9-17(6-7-19-3)14(18)12-8-11(16)4-5-13(12)15/h4-5,8,10H,6-7,9,16H2,1-3H3. The first-order chi connectivity index (χ1) is 8.95. The Balaban J connectivity index is 2.93. The Morgan fingerprint density at radius 3 is 2.74 bits per heavy atom. The van der Waals surface area contributed by atoms with Crippen molar-refractivity contribution in [2.75, 3.05) is 32.5 Å². The van der Waals surface area contributed by atoms with Gasteiger partial charge in [-0.25, -0.2) is 0 Å². The lowest BCUT2D eigenvalue weighted by Crippen LogP contribution is -2.36. The van der Waals surface area contributed by atoms with Crippen molar-refractivity contribution in [3.8, 4) is 0 Å². The number of hydrogen-bond donors (Lipinski definition) is 1. The minimum Gasteiger partial charge on any atom is -0.399 e. The lowest BCUT2D eigenvalue weighted by Gasteiger charge is -2.25. The lowest BCUT2D eigenvalue weighted by molar-refractivity contribution is 0.0672. The molecule has 1 amide bonds. The van der Waals surface area contributed by atoms with Crippen molar-refractivity contribution in [1.29, 1.82) is 0 Å². The molecule has 5 heteroatoms. The molecule has 0 atom stereocenters. The molecule has 106 valence electrons. The Hall–Kier alpha value is -1.26. The van der Waals surface area contributed by atoms with Crippen LogP contribution >= 0.6 is 11.6 Å². The molecule has 1 rings (SSSR count). The largest absolute Gasteiger partial charge is 0.399 e. The number of carbonyl (C=O) groups excluding carboxylic acids is 1. The van der Waals surface area contributed by atoms with Gasteiger partial charge < -0.3 is 15.4 Å². The highest BCUT2D eigenvalue weighted by molar-refractivity contribution is 6.34. The van der Waals surface area contributed by atoms with Crippen LogP contribution in [-0.2, 0) is 4.74 Å². The number of hydrogen-bond acceptors (Lipinski definition) is 3. The normalized spacial score (nSPS) is 10.8. The van der Waals surface area contributed by atoms with Crippen LogP contribution in [0.3, 0.4) is 0 Å². The van der Waals surface area contributed by atoms with Crippen molar-refractivity contribution in [1.82, 2.24) is 4.90 Å². The fourth-order valence-electron chi connectivity index (χ4n) is 1.80. The van der Waals surface area contributed by atoms with Crippen LogP contribution in [0.5, 0.6) is 0 Å². The van der Waals surface area contributed by atoms with E-state index in [0.717, 1.165) is 0 Å². The van der Waals surface area contributed by atoms with E-state index in [1.807, 2.05) is 0 Å². The van der Waals surface area contributed by atoms with E-state index >= 15 is 0 Å². The molecule has 0 bridgehead atoms. The Labute approximate surface area is 119 Å². The van der Waals surface area contributed by atoms with Gasteiger partial charge in [0.15, 0.2) is 0 Å². The molecule has 0 spiro atoms. The van der Waals surface area contributed by atoms with Crippen molar-refractivity contribution in [2.24, 2.45) is 5.92 Å². The number of ether oxygens (including phenoxy) is 1. The van der Waals surface area contributed by atoms with Gasteiger partial charge in [0.25, 0.3) is 5.91 Å². The Morgan fingerprint density at radius 2 is 2.16 bits per heavy atom. The van der Waals surface area contributed by atoms with Gasteiger partial charge in [0.1, 0.15) is 0 Å². The molecule has 19 heavy (non-hydrogen) atoms. The average molecular weight is 285 g/mol. The number of nitrogen functional groups attached to an aromatic ring is 1. The summed E-state index contributed by atoms with van der Waals surface area (Å²) in [5.74, 6) is 0.267. The topological polar surface area (TPSA) is 55.6 Å². The highest BCUT2D eigenvalue weighted by Crippen LogP contribution is 2.21. The third-order valence-electron chi connectivity index (χ3n) is 2.66. The van der Waals surface area contributed by atoms with E-state index in [4.69, 9.17) is 22.1 Å².